The fourth-order valence-electron chi connectivity index (χ4n) is 16.1. The summed E-state index contributed by atoms with van der Waals surface area (Å²) in [6.07, 6.45) is 0. The molecule has 0 aliphatic heterocycles. The Balaban J connectivity index is 0.625. The molecule has 0 fully saturated rings. The highest BCUT2D eigenvalue weighted by atomic mass is 16.3. The van der Waals surface area contributed by atoms with Gasteiger partial charge in [-0.05, 0) is 225 Å². The Morgan fingerprint density at radius 3 is 0.657 bits per heavy atom. The zero-order chi connectivity index (χ0) is 71.4. The van der Waals surface area contributed by atoms with Crippen LogP contribution in [0.2, 0.25) is 0 Å². The molecule has 0 unspecified atom stereocenters. The molecule has 0 aliphatic rings. The number of hydrogen-bond acceptors (Lipinski definition) is 4. The van der Waals surface area contributed by atoms with Crippen LogP contribution in [-0.4, -0.2) is 9.13 Å². The summed E-state index contributed by atoms with van der Waals surface area (Å²) >= 11 is 0. The van der Waals surface area contributed by atoms with Crippen molar-refractivity contribution in [3.05, 3.63) is 419 Å². The lowest BCUT2D eigenvalue weighted by Gasteiger charge is -2.27. The molecule has 0 saturated heterocycles. The van der Waals surface area contributed by atoms with E-state index in [9.17, 15) is 0 Å². The lowest BCUT2D eigenvalue weighted by Crippen LogP contribution is -2.10. The lowest BCUT2D eigenvalue weighted by atomic mass is 10.0. The quantitative estimate of drug-likeness (QED) is 0.0965. The second-order valence-electron chi connectivity index (χ2n) is 27.6. The zero-order valence-corrected chi connectivity index (χ0v) is 59.0. The Morgan fingerprint density at radius 1 is 0.157 bits per heavy atom. The van der Waals surface area contributed by atoms with Gasteiger partial charge >= 0.3 is 0 Å². The van der Waals surface area contributed by atoms with Crippen LogP contribution in [0, 0.1) is 0 Å². The highest BCUT2D eigenvalue weighted by Crippen LogP contribution is 2.47. The zero-order valence-electron chi connectivity index (χ0n) is 59.0. The third-order valence-electron chi connectivity index (χ3n) is 21.3. The molecule has 0 spiro atoms. The minimum atomic E-state index is 0.880. The third kappa shape index (κ3) is 11.3. The van der Waals surface area contributed by atoms with Gasteiger partial charge in [-0.1, -0.05) is 249 Å². The number of nitrogens with zero attached hydrogens (tertiary/aromatic N) is 5. The molecule has 17 aromatic carbocycles. The van der Waals surface area contributed by atoms with Crippen molar-refractivity contribution in [1.82, 2.24) is 9.13 Å². The largest absolute Gasteiger partial charge is 0.455 e. The lowest BCUT2D eigenvalue weighted by molar-refractivity contribution is 0.677. The molecule has 20 rings (SSSR count). The van der Waals surface area contributed by atoms with Gasteiger partial charge in [0, 0.05) is 84.1 Å². The van der Waals surface area contributed by atoms with Gasteiger partial charge in [-0.2, -0.15) is 0 Å². The van der Waals surface area contributed by atoms with Gasteiger partial charge in [0.25, 0.3) is 0 Å². The van der Waals surface area contributed by atoms with Gasteiger partial charge in [-0.25, -0.2) is 0 Å². The average Bonchev–Trinajstić information content (AvgIpc) is 1.54. The predicted octanol–water partition coefficient (Wildman–Crippen LogP) is 28.5. The van der Waals surface area contributed by atoms with Crippen molar-refractivity contribution < 1.29 is 4.42 Å². The second-order valence-corrected chi connectivity index (χ2v) is 27.6. The fraction of sp³-hybridized carbons (Fsp3) is 0. The van der Waals surface area contributed by atoms with E-state index in [1.54, 1.807) is 0 Å². The van der Waals surface area contributed by atoms with Gasteiger partial charge in [0.2, 0.25) is 0 Å². The second kappa shape index (κ2) is 27.0. The number of para-hydroxylation sites is 4. The molecule has 0 N–H and O–H groups in total. The summed E-state index contributed by atoms with van der Waals surface area (Å²) in [5.41, 5.74) is 29.7. The number of aromatic nitrogens is 2. The van der Waals surface area contributed by atoms with Crippen LogP contribution in [0.1, 0.15) is 0 Å². The predicted molar refractivity (Wildman–Crippen MR) is 454 cm³/mol. The Bertz CT molecular complexity index is 6500. The molecule has 0 radical (unpaired) electrons. The molecule has 108 heavy (non-hydrogen) atoms. The number of anilines is 9. The van der Waals surface area contributed by atoms with E-state index >= 15 is 0 Å². The Kier molecular flexibility index (Phi) is 15.8. The van der Waals surface area contributed by atoms with Crippen molar-refractivity contribution in [3.63, 3.8) is 0 Å². The number of hydrogen-bond donors (Lipinski definition) is 0. The summed E-state index contributed by atoms with van der Waals surface area (Å²) in [6, 6.07) is 151. The highest BCUT2D eigenvalue weighted by molar-refractivity contribution is 6.29. The smallest absolute Gasteiger partial charge is 0.145 e. The van der Waals surface area contributed by atoms with Crippen LogP contribution in [-0.2, 0) is 0 Å². The van der Waals surface area contributed by atoms with Gasteiger partial charge in [0.05, 0.1) is 32.8 Å². The summed E-state index contributed by atoms with van der Waals surface area (Å²) in [4.78, 5) is 7.00. The maximum Gasteiger partial charge on any atom is 0.145 e. The Morgan fingerprint density at radius 2 is 0.370 bits per heavy atom. The first-order chi connectivity index (χ1) is 53.6. The molecule has 508 valence electrons. The molecule has 3 heterocycles. The topological polar surface area (TPSA) is 32.7 Å². The normalized spacial score (nSPS) is 11.5. The van der Waals surface area contributed by atoms with E-state index in [1.165, 1.54) is 27.8 Å². The van der Waals surface area contributed by atoms with Crippen molar-refractivity contribution in [1.29, 1.82) is 0 Å². The fourth-order valence-corrected chi connectivity index (χ4v) is 16.1. The SMILES string of the molecule is c1ccc(-c2ccc(N(c3ccc(-c4ccccc4)cc3)c3ccc(-c4ccc(N(c5ccc(-c6ccccc6)cc5)c5ccc(-n6c7ccccc7c7c8oc9c(ccc%10c9c9ccccc9n%10-c9ccc(-c%10ccc(N(c%11ccccc%11)c%11ccccc%11)cc%10)cc9)c8ccc76)cc5)cc4)cc3)cc2)cc1. The maximum atomic E-state index is 7.41. The van der Waals surface area contributed by atoms with E-state index < -0.39 is 0 Å². The number of fused-ring (bicyclic) bond motifs is 11. The van der Waals surface area contributed by atoms with E-state index in [4.69, 9.17) is 4.42 Å². The first-order valence-electron chi connectivity index (χ1n) is 36.9. The van der Waals surface area contributed by atoms with Gasteiger partial charge in [0.15, 0.2) is 0 Å². The summed E-state index contributed by atoms with van der Waals surface area (Å²) < 4.78 is 12.2. The number of benzene rings is 17. The molecular weight excluding hydrogens is 1310 g/mol. The minimum absolute atomic E-state index is 0.880. The van der Waals surface area contributed by atoms with Crippen molar-refractivity contribution >= 4 is 117 Å². The van der Waals surface area contributed by atoms with Gasteiger partial charge in [-0.3, -0.25) is 0 Å². The number of rotatable bonds is 16. The van der Waals surface area contributed by atoms with Crippen LogP contribution < -0.4 is 14.7 Å². The van der Waals surface area contributed by atoms with Crippen LogP contribution in [0.3, 0.4) is 0 Å². The van der Waals surface area contributed by atoms with Crippen LogP contribution in [0.25, 0.3) is 133 Å². The van der Waals surface area contributed by atoms with Gasteiger partial charge < -0.3 is 28.3 Å². The first-order valence-corrected chi connectivity index (χ1v) is 36.9. The first kappa shape index (κ1) is 63.2. The molecule has 0 bridgehead atoms. The monoisotopic (exact) mass is 1380 g/mol. The van der Waals surface area contributed by atoms with E-state index in [0.29, 0.717) is 0 Å². The van der Waals surface area contributed by atoms with Gasteiger partial charge in [0.1, 0.15) is 11.2 Å². The van der Waals surface area contributed by atoms with E-state index in [2.05, 4.69) is 442 Å². The van der Waals surface area contributed by atoms with Gasteiger partial charge in [-0.15, -0.1) is 0 Å². The maximum absolute atomic E-state index is 7.41. The van der Waals surface area contributed by atoms with Crippen LogP contribution in [0.4, 0.5) is 51.2 Å². The number of furan rings is 1. The highest BCUT2D eigenvalue weighted by Gasteiger charge is 2.25. The molecule has 6 nitrogen and oxygen atoms in total. The standard InChI is InChI=1S/C102H69N5O/c1-6-20-70(21-7-1)73-34-48-83(49-35-73)104(84-50-36-74(37-51-84)71-22-8-2-9-23-71)85-56-42-76(43-57-85)77-44-58-87(59-45-77)105(86-52-38-75(39-53-86)72-24-10-3-11-25-72)88-62-64-90(65-63-88)107-96-33-19-17-31-94(96)100-98(107)69-67-92-91-66-68-97-99(101(91)108-102(92)100)93-30-16-18-32-95(93)106(97)89-60-46-79(47-61-89)78-40-54-82(55-41-78)103(80-26-12-4-13-27-80)81-28-14-5-15-29-81/h1-69H. The molecule has 0 aliphatic carbocycles. The molecule has 0 atom stereocenters. The van der Waals surface area contributed by atoms with Crippen molar-refractivity contribution in [2.45, 2.75) is 0 Å². The van der Waals surface area contributed by atoms with E-state index in [-0.39, 0.29) is 0 Å². The van der Waals surface area contributed by atoms with Crippen LogP contribution >= 0.6 is 0 Å². The Hall–Kier alpha value is -14.5. The summed E-state index contributed by atoms with van der Waals surface area (Å²) in [5, 5.41) is 6.65. The molecule has 6 heteroatoms. The minimum Gasteiger partial charge on any atom is -0.455 e. The van der Waals surface area contributed by atoms with Crippen LogP contribution in [0.15, 0.2) is 423 Å². The summed E-state index contributed by atoms with van der Waals surface area (Å²) in [5.74, 6) is 0. The van der Waals surface area contributed by atoms with Crippen molar-refractivity contribution in [3.8, 4) is 67.0 Å². The molecule has 0 amide bonds. The van der Waals surface area contributed by atoms with Crippen molar-refractivity contribution in [2.24, 2.45) is 0 Å². The molecular formula is C102H69N5O. The Labute approximate surface area is 626 Å². The summed E-state index contributed by atoms with van der Waals surface area (Å²) in [6.45, 7) is 0. The van der Waals surface area contributed by atoms with E-state index in [0.717, 1.165) is 156 Å². The van der Waals surface area contributed by atoms with E-state index in [1.807, 2.05) is 0 Å². The van der Waals surface area contributed by atoms with Crippen LogP contribution in [0.5, 0.6) is 0 Å². The average molecular weight is 1380 g/mol. The molecule has 20 aromatic rings. The van der Waals surface area contributed by atoms with Crippen molar-refractivity contribution in [2.75, 3.05) is 14.7 Å². The summed E-state index contributed by atoms with van der Waals surface area (Å²) in [7, 11) is 0. The molecule has 3 aromatic heterocycles. The molecule has 0 saturated carbocycles. The third-order valence-corrected chi connectivity index (χ3v) is 21.3.